The molecular formula is C72H124O19. The minimum Gasteiger partial charge on any atom is -0.466 e. The van der Waals surface area contributed by atoms with Crippen molar-refractivity contribution in [3.8, 4) is 0 Å². The fraction of sp³-hybridized carbons (Fsp3) is 0.833. The van der Waals surface area contributed by atoms with Gasteiger partial charge in [-0.1, -0.05) is 162 Å². The van der Waals surface area contributed by atoms with E-state index in [2.05, 4.69) is 19.1 Å². The van der Waals surface area contributed by atoms with Gasteiger partial charge in [-0.3, -0.25) is 47.9 Å². The van der Waals surface area contributed by atoms with Crippen LogP contribution in [0.25, 0.3) is 0 Å². The van der Waals surface area contributed by atoms with Crippen molar-refractivity contribution >= 4 is 59.5 Å². The molecule has 0 saturated carbocycles. The molecule has 19 heteroatoms. The fourth-order valence-electron chi connectivity index (χ4n) is 9.47. The molecule has 91 heavy (non-hydrogen) atoms. The third kappa shape index (κ3) is 61.9. The Labute approximate surface area is 548 Å². The average Bonchev–Trinajstić information content (AvgIpc) is 3.67. The molecule has 0 aliphatic rings. The first kappa shape index (κ1) is 85.6. The molecule has 0 aromatic heterocycles. The molecule has 0 radical (unpaired) electrons. The molecular weight excluding hydrogens is 1170 g/mol. The maximum absolute atomic E-state index is 12.9. The third-order valence-electron chi connectivity index (χ3n) is 15.2. The Kier molecular flexibility index (Phi) is 60.9. The van der Waals surface area contributed by atoms with Gasteiger partial charge in [0.2, 0.25) is 0 Å². The largest absolute Gasteiger partial charge is 0.466 e. The Morgan fingerprint density at radius 1 is 0.231 bits per heavy atom. The van der Waals surface area contributed by atoms with Gasteiger partial charge in [0.25, 0.3) is 0 Å². The van der Waals surface area contributed by atoms with E-state index >= 15 is 0 Å². The summed E-state index contributed by atoms with van der Waals surface area (Å²) in [5, 5.41) is 0. The summed E-state index contributed by atoms with van der Waals surface area (Å²) in [6.07, 6.45) is 34.8. The number of hydrogen-bond acceptors (Lipinski definition) is 19. The van der Waals surface area contributed by atoms with Crippen molar-refractivity contribution in [2.75, 3.05) is 46.2 Å². The zero-order valence-corrected chi connectivity index (χ0v) is 57.2. The molecule has 0 spiro atoms. The number of Topliss-reactive ketones (excluding diaryl/α,β-unsaturated/α-hetero) is 1. The van der Waals surface area contributed by atoms with Crippen LogP contribution in [0.2, 0.25) is 0 Å². The highest BCUT2D eigenvalue weighted by atomic mass is 16.6. The molecule has 2 unspecified atom stereocenters. The SMILES string of the molecule is CCCC=CCCCCC(=O)CCCCCCCC(=O)OCC(COC(=O)CCCCCCCC(=O)OCC(COC(=O)CCCCCCCC(=O)OCCCC)OC(=O)CCCCCCCC(=O)OCCCC)OC(=O)CCCCCCCC(=O)OCCCC. The quantitative estimate of drug-likeness (QED) is 0.0237. The highest BCUT2D eigenvalue weighted by molar-refractivity contribution is 5.78. The standard InChI is InChI=1S/C72H124O19/c1-5-9-13-14-15-21-32-43-61(73)44-33-22-16-23-37-48-67(77)86-57-62(90-71(81)52-41-30-19-25-35-46-65(75)84-55-11-7-3)58-88-69(79)50-39-28-18-29-40-51-70(80)89-60-63(91-72(82)53-42-31-20-26-36-47-66(76)85-56-12-8-4)59-87-68(78)49-38-27-17-24-34-45-64(74)83-54-10-6-2/h13-14,62-63H,5-12,15-60H2,1-4H3. The number of allylic oxidation sites excluding steroid dienone is 2. The number of hydrogen-bond donors (Lipinski definition) is 0. The first-order valence-corrected chi connectivity index (χ1v) is 35.9. The highest BCUT2D eigenvalue weighted by Crippen LogP contribution is 2.17. The smallest absolute Gasteiger partial charge is 0.306 e. The molecule has 0 saturated heterocycles. The summed E-state index contributed by atoms with van der Waals surface area (Å²) in [6.45, 7) is 8.55. The molecule has 0 amide bonds. The molecule has 0 heterocycles. The molecule has 0 fully saturated rings. The molecule has 0 aliphatic carbocycles. The molecule has 0 aromatic rings. The van der Waals surface area contributed by atoms with E-state index in [1.807, 2.05) is 20.8 Å². The van der Waals surface area contributed by atoms with Crippen LogP contribution in [-0.2, 0) is 90.6 Å². The Morgan fingerprint density at radius 3 is 0.714 bits per heavy atom. The molecule has 0 N–H and O–H groups in total. The summed E-state index contributed by atoms with van der Waals surface area (Å²) in [4.78, 5) is 125. The van der Waals surface area contributed by atoms with Gasteiger partial charge in [-0.25, -0.2) is 0 Å². The van der Waals surface area contributed by atoms with Gasteiger partial charge in [-0.2, -0.15) is 0 Å². The Balaban J connectivity index is 4.98. The minimum absolute atomic E-state index is 0.113. The van der Waals surface area contributed by atoms with Crippen molar-refractivity contribution in [2.45, 2.75) is 342 Å². The molecule has 0 aromatic carbocycles. The second kappa shape index (κ2) is 64.7. The van der Waals surface area contributed by atoms with Crippen molar-refractivity contribution in [1.29, 1.82) is 0 Å². The van der Waals surface area contributed by atoms with Gasteiger partial charge in [0.15, 0.2) is 12.2 Å². The molecule has 526 valence electrons. The monoisotopic (exact) mass is 1290 g/mol. The predicted molar refractivity (Wildman–Crippen MR) is 350 cm³/mol. The van der Waals surface area contributed by atoms with E-state index in [4.69, 9.17) is 42.6 Å². The zero-order valence-electron chi connectivity index (χ0n) is 57.2. The molecule has 0 rings (SSSR count). The Bertz CT molecular complexity index is 1920. The molecule has 0 aliphatic heterocycles. The zero-order chi connectivity index (χ0) is 66.9. The summed E-state index contributed by atoms with van der Waals surface area (Å²) >= 11 is 0. The van der Waals surface area contributed by atoms with Crippen LogP contribution < -0.4 is 0 Å². The molecule has 2 atom stereocenters. The van der Waals surface area contributed by atoms with Crippen LogP contribution in [0.1, 0.15) is 329 Å². The lowest BCUT2D eigenvalue weighted by Crippen LogP contribution is -2.30. The van der Waals surface area contributed by atoms with E-state index in [0.29, 0.717) is 115 Å². The van der Waals surface area contributed by atoms with Gasteiger partial charge in [-0.05, 0) is 109 Å². The summed E-state index contributed by atoms with van der Waals surface area (Å²) in [7, 11) is 0. The molecule has 19 nitrogen and oxygen atoms in total. The van der Waals surface area contributed by atoms with E-state index in [9.17, 15) is 47.9 Å². The van der Waals surface area contributed by atoms with E-state index in [0.717, 1.165) is 173 Å². The Morgan fingerprint density at radius 2 is 0.451 bits per heavy atom. The van der Waals surface area contributed by atoms with E-state index in [-0.39, 0.29) is 82.9 Å². The van der Waals surface area contributed by atoms with Crippen LogP contribution in [0.4, 0.5) is 0 Å². The van der Waals surface area contributed by atoms with E-state index in [1.54, 1.807) is 0 Å². The second-order valence-corrected chi connectivity index (χ2v) is 24.1. The fourth-order valence-corrected chi connectivity index (χ4v) is 9.47. The number of unbranched alkanes of at least 4 members (excludes halogenated alkanes) is 26. The first-order valence-electron chi connectivity index (χ1n) is 35.9. The van der Waals surface area contributed by atoms with Gasteiger partial charge < -0.3 is 42.6 Å². The lowest BCUT2D eigenvalue weighted by atomic mass is 10.0. The van der Waals surface area contributed by atoms with Crippen LogP contribution in [0, 0.1) is 0 Å². The Hall–Kier alpha value is -5.36. The number of esters is 9. The van der Waals surface area contributed by atoms with Crippen LogP contribution in [0.5, 0.6) is 0 Å². The number of carbonyl (C=O) groups excluding carboxylic acids is 10. The third-order valence-corrected chi connectivity index (χ3v) is 15.2. The van der Waals surface area contributed by atoms with Crippen molar-refractivity contribution in [3.63, 3.8) is 0 Å². The maximum atomic E-state index is 12.9. The maximum Gasteiger partial charge on any atom is 0.306 e. The lowest BCUT2D eigenvalue weighted by molar-refractivity contribution is -0.167. The van der Waals surface area contributed by atoms with Crippen molar-refractivity contribution in [1.82, 2.24) is 0 Å². The van der Waals surface area contributed by atoms with Crippen molar-refractivity contribution in [3.05, 3.63) is 12.2 Å². The first-order chi connectivity index (χ1) is 44.2. The average molecular weight is 1290 g/mol. The topological polar surface area (TPSA) is 254 Å². The van der Waals surface area contributed by atoms with Gasteiger partial charge in [0.1, 0.15) is 32.2 Å². The predicted octanol–water partition coefficient (Wildman–Crippen LogP) is 16.2. The van der Waals surface area contributed by atoms with Crippen LogP contribution in [0.15, 0.2) is 12.2 Å². The summed E-state index contributed by atoms with van der Waals surface area (Å²) in [5.74, 6) is -3.10. The number of carbonyl (C=O) groups is 10. The number of ketones is 1. The van der Waals surface area contributed by atoms with Gasteiger partial charge in [-0.15, -0.1) is 0 Å². The minimum atomic E-state index is -0.983. The highest BCUT2D eigenvalue weighted by Gasteiger charge is 2.22. The van der Waals surface area contributed by atoms with Crippen LogP contribution in [0.3, 0.4) is 0 Å². The normalized spacial score (nSPS) is 11.8. The summed E-state index contributed by atoms with van der Waals surface area (Å²) < 4.78 is 48.9. The van der Waals surface area contributed by atoms with E-state index < -0.39 is 48.0 Å². The van der Waals surface area contributed by atoms with Gasteiger partial charge in [0, 0.05) is 70.6 Å². The van der Waals surface area contributed by atoms with Crippen molar-refractivity contribution < 1.29 is 90.6 Å². The molecule has 0 bridgehead atoms. The number of rotatable bonds is 66. The lowest BCUT2D eigenvalue weighted by Gasteiger charge is -2.18. The van der Waals surface area contributed by atoms with Crippen LogP contribution >= 0.6 is 0 Å². The summed E-state index contributed by atoms with van der Waals surface area (Å²) in [5.41, 5.74) is 0. The second-order valence-electron chi connectivity index (χ2n) is 24.1. The van der Waals surface area contributed by atoms with Crippen molar-refractivity contribution in [2.24, 2.45) is 0 Å². The van der Waals surface area contributed by atoms with Gasteiger partial charge >= 0.3 is 53.7 Å². The summed E-state index contributed by atoms with van der Waals surface area (Å²) in [6, 6.07) is 0. The number of ether oxygens (including phenoxy) is 9. The van der Waals surface area contributed by atoms with Gasteiger partial charge in [0.05, 0.1) is 19.8 Å². The van der Waals surface area contributed by atoms with Crippen LogP contribution in [-0.4, -0.2) is 118 Å². The van der Waals surface area contributed by atoms with E-state index in [1.165, 1.54) is 0 Å².